The molecule has 0 aliphatic rings. The number of nitrogens with zero attached hydrogens (tertiary/aromatic N) is 1. The van der Waals surface area contributed by atoms with Gasteiger partial charge in [0.2, 0.25) is 0 Å². The molecule has 0 aromatic carbocycles. The summed E-state index contributed by atoms with van der Waals surface area (Å²) in [5, 5.41) is 8.95. The highest BCUT2D eigenvalue weighted by Crippen LogP contribution is 2.37. The minimum Gasteiger partial charge on any atom is -0.469 e. The third-order valence-electron chi connectivity index (χ3n) is 3.19. The fourth-order valence-electron chi connectivity index (χ4n) is 1.77. The molecule has 0 amide bonds. The molecule has 0 fully saturated rings. The van der Waals surface area contributed by atoms with E-state index in [0.29, 0.717) is 6.42 Å². The summed E-state index contributed by atoms with van der Waals surface area (Å²) in [5.41, 5.74) is -0.0717. The zero-order valence-electron chi connectivity index (χ0n) is 10.2. The number of carbonyl (C=O) groups excluding carboxylic acids is 1. The fourth-order valence-corrected chi connectivity index (χ4v) is 1.77. The van der Waals surface area contributed by atoms with Gasteiger partial charge in [-0.25, -0.2) is 0 Å². The molecule has 0 spiro atoms. The van der Waals surface area contributed by atoms with Crippen molar-refractivity contribution in [3.8, 4) is 6.07 Å². The molecule has 2 unspecified atom stereocenters. The van der Waals surface area contributed by atoms with Gasteiger partial charge in [0.05, 0.1) is 13.2 Å². The molecule has 3 nitrogen and oxygen atoms in total. The van der Waals surface area contributed by atoms with Crippen molar-refractivity contribution in [2.45, 2.75) is 46.5 Å². The lowest BCUT2D eigenvalue weighted by Gasteiger charge is -2.31. The van der Waals surface area contributed by atoms with Crippen LogP contribution in [0.4, 0.5) is 0 Å². The van der Waals surface area contributed by atoms with Crippen LogP contribution in [-0.4, -0.2) is 13.1 Å². The van der Waals surface area contributed by atoms with E-state index in [9.17, 15) is 4.79 Å². The molecule has 3 heteroatoms. The Kier molecular flexibility index (Phi) is 6.00. The second-order valence-corrected chi connectivity index (χ2v) is 4.33. The number of hydrogen-bond donors (Lipinski definition) is 0. The molecule has 0 aliphatic carbocycles. The Hall–Kier alpha value is -1.04. The van der Waals surface area contributed by atoms with Crippen LogP contribution in [0.25, 0.3) is 0 Å². The number of hydrogen-bond acceptors (Lipinski definition) is 3. The first-order valence-electron chi connectivity index (χ1n) is 5.46. The Bertz CT molecular complexity index is 244. The molecule has 0 aromatic heterocycles. The Balaban J connectivity index is 4.39. The van der Waals surface area contributed by atoms with E-state index in [0.717, 1.165) is 19.3 Å². The van der Waals surface area contributed by atoms with Gasteiger partial charge < -0.3 is 4.74 Å². The number of ether oxygens (including phenoxy) is 1. The quantitative estimate of drug-likeness (QED) is 0.635. The van der Waals surface area contributed by atoms with Crippen LogP contribution < -0.4 is 0 Å². The van der Waals surface area contributed by atoms with E-state index in [-0.39, 0.29) is 17.3 Å². The van der Waals surface area contributed by atoms with E-state index < -0.39 is 0 Å². The zero-order chi connectivity index (χ0) is 11.9. The van der Waals surface area contributed by atoms with E-state index >= 15 is 0 Å². The van der Waals surface area contributed by atoms with E-state index in [1.807, 2.05) is 6.92 Å². The summed E-state index contributed by atoms with van der Waals surface area (Å²) in [4.78, 5) is 11.1. The van der Waals surface area contributed by atoms with E-state index in [1.165, 1.54) is 7.11 Å². The minimum atomic E-state index is -0.192. The summed E-state index contributed by atoms with van der Waals surface area (Å²) in [5.74, 6) is -0.218. The topological polar surface area (TPSA) is 50.1 Å². The third kappa shape index (κ3) is 4.33. The Morgan fingerprint density at radius 2 is 2.13 bits per heavy atom. The van der Waals surface area contributed by atoms with Crippen LogP contribution in [0.1, 0.15) is 46.5 Å². The van der Waals surface area contributed by atoms with Crippen molar-refractivity contribution in [3.05, 3.63) is 0 Å². The van der Waals surface area contributed by atoms with E-state index in [1.54, 1.807) is 0 Å². The van der Waals surface area contributed by atoms with Gasteiger partial charge in [0.25, 0.3) is 0 Å². The maximum Gasteiger partial charge on any atom is 0.305 e. The predicted molar refractivity (Wildman–Crippen MR) is 59.0 cm³/mol. The molecule has 0 saturated heterocycles. The molecule has 15 heavy (non-hydrogen) atoms. The van der Waals surface area contributed by atoms with E-state index in [4.69, 9.17) is 5.26 Å². The van der Waals surface area contributed by atoms with Crippen molar-refractivity contribution in [3.63, 3.8) is 0 Å². The van der Waals surface area contributed by atoms with Gasteiger partial charge in [-0.05, 0) is 25.2 Å². The summed E-state index contributed by atoms with van der Waals surface area (Å²) < 4.78 is 4.62. The Labute approximate surface area is 92.4 Å². The van der Waals surface area contributed by atoms with Gasteiger partial charge in [0.15, 0.2) is 0 Å². The zero-order valence-corrected chi connectivity index (χ0v) is 10.2. The number of nitriles is 1. The molecule has 86 valence electrons. The average Bonchev–Trinajstić information content (AvgIpc) is 2.25. The number of methoxy groups -OCH3 is 1. The lowest BCUT2D eigenvalue weighted by molar-refractivity contribution is -0.141. The average molecular weight is 211 g/mol. The molecule has 0 saturated carbocycles. The molecular formula is C12H21NO2. The molecule has 0 aromatic rings. The van der Waals surface area contributed by atoms with Crippen LogP contribution in [0.5, 0.6) is 0 Å². The SMILES string of the molecule is CCCC(C)(CCC(=O)OC)C(C)C#N. The van der Waals surface area contributed by atoms with Crippen molar-refractivity contribution < 1.29 is 9.53 Å². The highest BCUT2D eigenvalue weighted by atomic mass is 16.5. The maximum absolute atomic E-state index is 11.1. The molecule has 0 N–H and O–H groups in total. The summed E-state index contributed by atoms with van der Waals surface area (Å²) in [6.07, 6.45) is 3.13. The van der Waals surface area contributed by atoms with Crippen LogP contribution in [0.2, 0.25) is 0 Å². The predicted octanol–water partition coefficient (Wildman–Crippen LogP) is 2.91. The highest BCUT2D eigenvalue weighted by molar-refractivity contribution is 5.69. The minimum absolute atomic E-state index is 0.0258. The van der Waals surface area contributed by atoms with Crippen molar-refractivity contribution in [1.82, 2.24) is 0 Å². The van der Waals surface area contributed by atoms with Crippen LogP contribution in [0, 0.1) is 22.7 Å². The van der Waals surface area contributed by atoms with Crippen LogP contribution >= 0.6 is 0 Å². The van der Waals surface area contributed by atoms with Crippen molar-refractivity contribution in [2.24, 2.45) is 11.3 Å². The first-order valence-corrected chi connectivity index (χ1v) is 5.46. The largest absolute Gasteiger partial charge is 0.469 e. The normalized spacial score (nSPS) is 16.2. The highest BCUT2D eigenvalue weighted by Gasteiger charge is 2.30. The molecule has 0 radical (unpaired) electrons. The lowest BCUT2D eigenvalue weighted by atomic mass is 9.72. The number of rotatable bonds is 6. The van der Waals surface area contributed by atoms with Gasteiger partial charge >= 0.3 is 5.97 Å². The van der Waals surface area contributed by atoms with E-state index in [2.05, 4.69) is 24.7 Å². The number of esters is 1. The summed E-state index contributed by atoms with van der Waals surface area (Å²) >= 11 is 0. The van der Waals surface area contributed by atoms with Crippen LogP contribution in [-0.2, 0) is 9.53 Å². The third-order valence-corrected chi connectivity index (χ3v) is 3.19. The van der Waals surface area contributed by atoms with Gasteiger partial charge in [0, 0.05) is 12.3 Å². The van der Waals surface area contributed by atoms with Crippen LogP contribution in [0.3, 0.4) is 0 Å². The molecular weight excluding hydrogens is 190 g/mol. The first kappa shape index (κ1) is 14.0. The van der Waals surface area contributed by atoms with Crippen molar-refractivity contribution >= 4 is 5.97 Å². The fraction of sp³-hybridized carbons (Fsp3) is 0.833. The van der Waals surface area contributed by atoms with Gasteiger partial charge in [-0.1, -0.05) is 20.3 Å². The van der Waals surface area contributed by atoms with Crippen molar-refractivity contribution in [2.75, 3.05) is 7.11 Å². The first-order chi connectivity index (χ1) is 7.00. The maximum atomic E-state index is 11.1. The van der Waals surface area contributed by atoms with Crippen molar-refractivity contribution in [1.29, 1.82) is 5.26 Å². The standard InChI is InChI=1S/C12H21NO2/c1-5-7-12(3,10(2)9-13)8-6-11(14)15-4/h10H,5-8H2,1-4H3. The second-order valence-electron chi connectivity index (χ2n) is 4.33. The van der Waals surface area contributed by atoms with Gasteiger partial charge in [-0.3, -0.25) is 4.79 Å². The molecule has 0 bridgehead atoms. The molecule has 0 rings (SSSR count). The monoisotopic (exact) mass is 211 g/mol. The van der Waals surface area contributed by atoms with Gasteiger partial charge in [-0.2, -0.15) is 5.26 Å². The smallest absolute Gasteiger partial charge is 0.305 e. The van der Waals surface area contributed by atoms with Gasteiger partial charge in [0.1, 0.15) is 0 Å². The molecule has 0 aliphatic heterocycles. The van der Waals surface area contributed by atoms with Crippen LogP contribution in [0.15, 0.2) is 0 Å². The molecule has 0 heterocycles. The summed E-state index contributed by atoms with van der Waals surface area (Å²) in [6, 6.07) is 2.28. The number of carbonyl (C=O) groups is 1. The lowest BCUT2D eigenvalue weighted by Crippen LogP contribution is -2.25. The summed E-state index contributed by atoms with van der Waals surface area (Å²) in [6.45, 7) is 6.10. The Morgan fingerprint density at radius 3 is 2.53 bits per heavy atom. The Morgan fingerprint density at radius 1 is 1.53 bits per heavy atom. The van der Waals surface area contributed by atoms with Gasteiger partial charge in [-0.15, -0.1) is 0 Å². The summed E-state index contributed by atoms with van der Waals surface area (Å²) in [7, 11) is 1.40. The molecule has 2 atom stereocenters. The second kappa shape index (κ2) is 6.44.